The summed E-state index contributed by atoms with van der Waals surface area (Å²) in [7, 11) is -1.95. The number of fused-ring (bicyclic) bond motifs is 1. The molecule has 3 rings (SSSR count). The first-order chi connectivity index (χ1) is 15.4. The summed E-state index contributed by atoms with van der Waals surface area (Å²) in [6.45, 7) is 3.76. The fraction of sp³-hybridized carbons (Fsp3) is 0.652. The van der Waals surface area contributed by atoms with Gasteiger partial charge in [-0.1, -0.05) is 18.8 Å². The lowest BCUT2D eigenvalue weighted by Gasteiger charge is -2.37. The number of hydrogen-bond donors (Lipinski definition) is 2. The van der Waals surface area contributed by atoms with Gasteiger partial charge >= 0.3 is 0 Å². The van der Waals surface area contributed by atoms with Crippen LogP contribution in [0.25, 0.3) is 0 Å². The minimum Gasteiger partial charge on any atom is -0.472 e. The molecule has 1 aliphatic carbocycles. The molecule has 10 heteroatoms. The van der Waals surface area contributed by atoms with E-state index in [4.69, 9.17) is 4.74 Å². The summed E-state index contributed by atoms with van der Waals surface area (Å²) in [5.41, 5.74) is -0.348. The van der Waals surface area contributed by atoms with Crippen molar-refractivity contribution in [1.82, 2.24) is 14.2 Å². The lowest BCUT2D eigenvalue weighted by molar-refractivity contribution is 0.0373. The summed E-state index contributed by atoms with van der Waals surface area (Å²) >= 11 is 0. The van der Waals surface area contributed by atoms with Crippen LogP contribution in [0.5, 0.6) is 5.88 Å². The number of aromatic nitrogens is 1. The van der Waals surface area contributed by atoms with Crippen LogP contribution in [0.15, 0.2) is 12.3 Å². The number of aliphatic hydroxyl groups excluding tert-OH is 1. The monoisotopic (exact) mass is 479 g/mol. The maximum Gasteiger partial charge on any atom is 0.259 e. The predicted molar refractivity (Wildman–Crippen MR) is 123 cm³/mol. The van der Waals surface area contributed by atoms with Crippen molar-refractivity contribution in [3.8, 4) is 17.7 Å². The summed E-state index contributed by atoms with van der Waals surface area (Å²) in [5.74, 6) is 5.38. The highest BCUT2D eigenvalue weighted by molar-refractivity contribution is 7.88. The standard InChI is InChI=1S/C23H33N3O6S/c1-16-13-26(17(2)15-27)22(28)19-11-18(7-10-23(29)8-5-6-9-23)12-24-21(19)32-20(16)14-25(3)33(4,30)31/h11-12,16-17,20,27,29H,5-6,8-9,13-15H2,1-4H3/t16-,17+,20-/m0/s1. The SMILES string of the molecule is C[C@H](CO)N1C[C@H](C)[C@H](CN(C)S(C)(=O)=O)Oc2ncc(C#CC3(O)CCCC3)cc2C1=O. The topological polar surface area (TPSA) is 120 Å². The van der Waals surface area contributed by atoms with E-state index in [2.05, 4.69) is 16.8 Å². The summed E-state index contributed by atoms with van der Waals surface area (Å²) in [5, 5.41) is 20.2. The Bertz CT molecular complexity index is 1040. The first-order valence-electron chi connectivity index (χ1n) is 11.2. The van der Waals surface area contributed by atoms with Crippen LogP contribution in [0, 0.1) is 17.8 Å². The van der Waals surface area contributed by atoms with Gasteiger partial charge < -0.3 is 19.8 Å². The van der Waals surface area contributed by atoms with Crippen LogP contribution in [0.4, 0.5) is 0 Å². The van der Waals surface area contributed by atoms with Crippen molar-refractivity contribution in [2.75, 3.05) is 33.0 Å². The zero-order valence-electron chi connectivity index (χ0n) is 19.6. The van der Waals surface area contributed by atoms with E-state index >= 15 is 0 Å². The molecule has 1 aromatic rings. The largest absolute Gasteiger partial charge is 0.472 e. The van der Waals surface area contributed by atoms with E-state index in [0.29, 0.717) is 18.4 Å². The molecule has 0 aromatic carbocycles. The highest BCUT2D eigenvalue weighted by atomic mass is 32.2. The maximum absolute atomic E-state index is 13.4. The molecule has 0 radical (unpaired) electrons. The molecule has 9 nitrogen and oxygen atoms in total. The third-order valence-electron chi connectivity index (χ3n) is 6.39. The van der Waals surface area contributed by atoms with Gasteiger partial charge in [-0.25, -0.2) is 17.7 Å². The third kappa shape index (κ3) is 6.03. The maximum atomic E-state index is 13.4. The van der Waals surface area contributed by atoms with Gasteiger partial charge in [-0.3, -0.25) is 4.79 Å². The van der Waals surface area contributed by atoms with E-state index in [9.17, 15) is 23.4 Å². The molecule has 0 bridgehead atoms. The van der Waals surface area contributed by atoms with Crippen molar-refractivity contribution in [2.24, 2.45) is 5.92 Å². The molecule has 2 heterocycles. The lowest BCUT2D eigenvalue weighted by atomic mass is 10.00. The van der Waals surface area contributed by atoms with Crippen LogP contribution in [-0.2, 0) is 10.0 Å². The molecule has 2 N–H and O–H groups in total. The molecule has 0 saturated heterocycles. The highest BCUT2D eigenvalue weighted by Gasteiger charge is 2.35. The van der Waals surface area contributed by atoms with Gasteiger partial charge in [0.25, 0.3) is 5.91 Å². The van der Waals surface area contributed by atoms with Crippen LogP contribution < -0.4 is 4.74 Å². The van der Waals surface area contributed by atoms with E-state index in [1.54, 1.807) is 17.9 Å². The quantitative estimate of drug-likeness (QED) is 0.601. The van der Waals surface area contributed by atoms with Gasteiger partial charge in [-0.05, 0) is 38.7 Å². The molecule has 1 aromatic heterocycles. The lowest BCUT2D eigenvalue weighted by Crippen LogP contribution is -2.50. The Kier molecular flexibility index (Phi) is 7.69. The van der Waals surface area contributed by atoms with Crippen molar-refractivity contribution in [2.45, 2.75) is 57.3 Å². The van der Waals surface area contributed by atoms with Gasteiger partial charge in [-0.2, -0.15) is 0 Å². The third-order valence-corrected chi connectivity index (χ3v) is 7.68. The first kappa shape index (κ1) is 25.4. The Balaban J connectivity index is 1.99. The Hall–Kier alpha value is -2.19. The number of carbonyl (C=O) groups is 1. The fourth-order valence-electron chi connectivity index (χ4n) is 4.05. The van der Waals surface area contributed by atoms with E-state index < -0.39 is 27.8 Å². The van der Waals surface area contributed by atoms with Crippen LogP contribution in [0.1, 0.15) is 55.5 Å². The Morgan fingerprint density at radius 2 is 2.06 bits per heavy atom. The van der Waals surface area contributed by atoms with Gasteiger partial charge in [0.1, 0.15) is 17.3 Å². The normalized spacial score (nSPS) is 23.7. The van der Waals surface area contributed by atoms with Crippen molar-refractivity contribution in [1.29, 1.82) is 0 Å². The Morgan fingerprint density at radius 3 is 2.67 bits per heavy atom. The van der Waals surface area contributed by atoms with Crippen LogP contribution in [0.2, 0.25) is 0 Å². The summed E-state index contributed by atoms with van der Waals surface area (Å²) in [6, 6.07) is 1.13. The van der Waals surface area contributed by atoms with Crippen molar-refractivity contribution >= 4 is 15.9 Å². The van der Waals surface area contributed by atoms with Crippen molar-refractivity contribution < 1.29 is 28.2 Å². The number of aliphatic hydroxyl groups is 2. The average molecular weight is 480 g/mol. The number of rotatable bonds is 5. The van der Waals surface area contributed by atoms with Crippen molar-refractivity contribution in [3.63, 3.8) is 0 Å². The number of carbonyl (C=O) groups excluding carboxylic acids is 1. The molecule has 1 amide bonds. The highest BCUT2D eigenvalue weighted by Crippen LogP contribution is 2.30. The van der Waals surface area contributed by atoms with Crippen LogP contribution in [-0.4, -0.2) is 89.5 Å². The van der Waals surface area contributed by atoms with E-state index in [-0.39, 0.29) is 43.0 Å². The average Bonchev–Trinajstić information content (AvgIpc) is 3.20. The van der Waals surface area contributed by atoms with Gasteiger partial charge in [0.2, 0.25) is 15.9 Å². The second-order valence-corrected chi connectivity index (χ2v) is 11.3. The zero-order chi connectivity index (χ0) is 24.4. The van der Waals surface area contributed by atoms with Gasteiger partial charge in [0, 0.05) is 31.3 Å². The first-order valence-corrected chi connectivity index (χ1v) is 13.0. The number of ether oxygens (including phenoxy) is 1. The molecule has 0 unspecified atom stereocenters. The molecule has 1 saturated carbocycles. The van der Waals surface area contributed by atoms with E-state index in [1.165, 1.54) is 17.5 Å². The summed E-state index contributed by atoms with van der Waals surface area (Å²) < 4.78 is 31.2. The smallest absolute Gasteiger partial charge is 0.259 e. The van der Waals surface area contributed by atoms with Gasteiger partial charge in [0.05, 0.1) is 25.4 Å². The van der Waals surface area contributed by atoms with Gasteiger partial charge in [0.15, 0.2) is 0 Å². The van der Waals surface area contributed by atoms with E-state index in [1.807, 2.05) is 6.92 Å². The predicted octanol–water partition coefficient (Wildman–Crippen LogP) is 0.850. The second kappa shape index (κ2) is 9.97. The summed E-state index contributed by atoms with van der Waals surface area (Å²) in [4.78, 5) is 19.3. The molecular formula is C23H33N3O6S. The zero-order valence-corrected chi connectivity index (χ0v) is 20.4. The molecule has 1 fully saturated rings. The molecular weight excluding hydrogens is 446 g/mol. The minimum atomic E-state index is -3.43. The second-order valence-electron chi connectivity index (χ2n) is 9.23. The van der Waals surface area contributed by atoms with Crippen LogP contribution in [0.3, 0.4) is 0 Å². The number of sulfonamides is 1. The molecule has 0 spiro atoms. The van der Waals surface area contributed by atoms with Crippen molar-refractivity contribution in [3.05, 3.63) is 23.4 Å². The van der Waals surface area contributed by atoms with Gasteiger partial charge in [-0.15, -0.1) is 0 Å². The fourth-order valence-corrected chi connectivity index (χ4v) is 4.47. The van der Waals surface area contributed by atoms with E-state index in [0.717, 1.165) is 19.1 Å². The molecule has 2 aliphatic rings. The molecule has 1 aliphatic heterocycles. The minimum absolute atomic E-state index is 0.0885. The molecule has 3 atom stereocenters. The number of hydrogen-bond acceptors (Lipinski definition) is 7. The number of amides is 1. The Morgan fingerprint density at radius 1 is 1.39 bits per heavy atom. The Labute approximate surface area is 195 Å². The number of nitrogens with zero attached hydrogens (tertiary/aromatic N) is 3. The molecule has 182 valence electrons. The van der Waals surface area contributed by atoms with Crippen LogP contribution >= 0.6 is 0 Å². The number of likely N-dealkylation sites (N-methyl/N-ethyl adjacent to an activating group) is 1. The molecule has 33 heavy (non-hydrogen) atoms. The number of pyridine rings is 1. The summed E-state index contributed by atoms with van der Waals surface area (Å²) in [6.07, 6.45) is 5.14.